The van der Waals surface area contributed by atoms with Crippen molar-refractivity contribution in [2.24, 2.45) is 0 Å². The van der Waals surface area contributed by atoms with Crippen LogP contribution in [0.1, 0.15) is 5.56 Å². The van der Waals surface area contributed by atoms with E-state index in [0.717, 1.165) is 12.3 Å². The number of benzene rings is 2. The van der Waals surface area contributed by atoms with Gasteiger partial charge in [-0.3, -0.25) is 0 Å². The van der Waals surface area contributed by atoms with Gasteiger partial charge in [0, 0.05) is 19.0 Å². The average molecular weight is 289 g/mol. The molecule has 0 fully saturated rings. The summed E-state index contributed by atoms with van der Waals surface area (Å²) in [7, 11) is 4.17. The number of para-hydroxylation sites is 1. The highest BCUT2D eigenvalue weighted by Gasteiger charge is 2.07. The molecule has 106 valence electrons. The average Bonchev–Trinajstić information content (AvgIpc) is 2.49. The van der Waals surface area contributed by atoms with Crippen LogP contribution >= 0.6 is 8.58 Å². The maximum atomic E-state index is 5.63. The van der Waals surface area contributed by atoms with Crippen LogP contribution in [0.15, 0.2) is 48.5 Å². The number of ether oxygens (including phenoxy) is 2. The van der Waals surface area contributed by atoms with Crippen molar-refractivity contribution in [2.45, 2.75) is 6.54 Å². The van der Waals surface area contributed by atoms with Gasteiger partial charge in [-0.25, -0.2) is 0 Å². The predicted molar refractivity (Wildman–Crippen MR) is 85.7 cm³/mol. The molecule has 0 amide bonds. The minimum atomic E-state index is 0.277. The smallest absolute Gasteiger partial charge is 0.188 e. The molecule has 0 heterocycles. The quantitative estimate of drug-likeness (QED) is 0.625. The molecule has 1 N–H and O–H groups in total. The van der Waals surface area contributed by atoms with Gasteiger partial charge in [0.1, 0.15) is 5.75 Å². The van der Waals surface area contributed by atoms with Crippen molar-refractivity contribution in [3.63, 3.8) is 0 Å². The second-order valence-electron chi connectivity index (χ2n) is 4.36. The van der Waals surface area contributed by atoms with E-state index in [2.05, 4.69) is 35.6 Å². The van der Waals surface area contributed by atoms with E-state index in [1.165, 1.54) is 16.2 Å². The Balaban J connectivity index is 2.21. The van der Waals surface area contributed by atoms with Gasteiger partial charge in [-0.2, -0.15) is 0 Å². The first-order valence-electron chi connectivity index (χ1n) is 6.55. The fraction of sp³-hybridized carbons (Fsp3) is 0.250. The van der Waals surface area contributed by atoms with Crippen LogP contribution in [-0.2, 0) is 11.3 Å². The van der Waals surface area contributed by atoms with Gasteiger partial charge in [0.15, 0.2) is 6.79 Å². The SMILES string of the molecule is CNCc1ccccc1Pc1ccccc1OCOC. The molecule has 2 aromatic rings. The number of hydrogen-bond donors (Lipinski definition) is 1. The monoisotopic (exact) mass is 289 g/mol. The summed E-state index contributed by atoms with van der Waals surface area (Å²) in [4.78, 5) is 0. The van der Waals surface area contributed by atoms with Gasteiger partial charge in [-0.15, -0.1) is 0 Å². The standard InChI is InChI=1S/C16H20NO2P/c1-17-11-13-7-3-5-9-15(13)20-16-10-6-4-8-14(16)19-12-18-2/h3-10,17,20H,11-12H2,1-2H3. The number of hydrogen-bond acceptors (Lipinski definition) is 3. The van der Waals surface area contributed by atoms with Crippen LogP contribution in [0.4, 0.5) is 0 Å². The largest absolute Gasteiger partial charge is 0.467 e. The molecular formula is C16H20NO2P. The van der Waals surface area contributed by atoms with E-state index in [0.29, 0.717) is 8.58 Å². The molecule has 0 aliphatic carbocycles. The Morgan fingerprint density at radius 1 is 1.00 bits per heavy atom. The van der Waals surface area contributed by atoms with E-state index in [1.54, 1.807) is 7.11 Å². The lowest BCUT2D eigenvalue weighted by molar-refractivity contribution is 0.0519. The van der Waals surface area contributed by atoms with Gasteiger partial charge >= 0.3 is 0 Å². The summed E-state index contributed by atoms with van der Waals surface area (Å²) in [5, 5.41) is 5.76. The number of rotatable bonds is 7. The van der Waals surface area contributed by atoms with E-state index in [9.17, 15) is 0 Å². The summed E-state index contributed by atoms with van der Waals surface area (Å²) in [6.45, 7) is 1.16. The van der Waals surface area contributed by atoms with Crippen LogP contribution in [0, 0.1) is 0 Å². The molecule has 0 radical (unpaired) electrons. The van der Waals surface area contributed by atoms with Crippen LogP contribution in [0.3, 0.4) is 0 Å². The summed E-state index contributed by atoms with van der Waals surface area (Å²) < 4.78 is 10.6. The molecule has 0 saturated heterocycles. The van der Waals surface area contributed by atoms with Crippen molar-refractivity contribution < 1.29 is 9.47 Å². The lowest BCUT2D eigenvalue weighted by Gasteiger charge is -2.13. The third-order valence-electron chi connectivity index (χ3n) is 2.87. The molecular weight excluding hydrogens is 269 g/mol. The Labute approximate surface area is 122 Å². The van der Waals surface area contributed by atoms with Crippen molar-refractivity contribution in [2.75, 3.05) is 21.0 Å². The lowest BCUT2D eigenvalue weighted by atomic mass is 10.2. The van der Waals surface area contributed by atoms with Crippen molar-refractivity contribution >= 4 is 19.2 Å². The zero-order valence-electron chi connectivity index (χ0n) is 11.8. The van der Waals surface area contributed by atoms with Crippen LogP contribution in [0.2, 0.25) is 0 Å². The summed E-state index contributed by atoms with van der Waals surface area (Å²) in [5.41, 5.74) is 1.33. The summed E-state index contributed by atoms with van der Waals surface area (Å²) in [5.74, 6) is 0.895. The van der Waals surface area contributed by atoms with E-state index in [-0.39, 0.29) is 6.79 Å². The first-order valence-corrected chi connectivity index (χ1v) is 7.55. The molecule has 1 atom stereocenters. The maximum Gasteiger partial charge on any atom is 0.188 e. The first kappa shape index (κ1) is 15.0. The zero-order valence-corrected chi connectivity index (χ0v) is 12.8. The molecule has 0 aliphatic rings. The van der Waals surface area contributed by atoms with Gasteiger partial charge < -0.3 is 14.8 Å². The molecule has 0 spiro atoms. The Morgan fingerprint density at radius 3 is 2.45 bits per heavy atom. The second kappa shape index (κ2) is 8.01. The highest BCUT2D eigenvalue weighted by Crippen LogP contribution is 2.20. The Kier molecular flexibility index (Phi) is 6.00. The highest BCUT2D eigenvalue weighted by atomic mass is 31.1. The Hall–Kier alpha value is -1.41. The molecule has 0 aliphatic heterocycles. The molecule has 4 heteroatoms. The summed E-state index contributed by atoms with van der Waals surface area (Å²) in [6, 6.07) is 16.6. The number of nitrogens with one attached hydrogen (secondary N) is 1. The topological polar surface area (TPSA) is 30.5 Å². The van der Waals surface area contributed by atoms with E-state index >= 15 is 0 Å². The first-order chi connectivity index (χ1) is 9.85. The predicted octanol–water partition coefficient (Wildman–Crippen LogP) is 2.02. The molecule has 1 unspecified atom stereocenters. The molecule has 3 nitrogen and oxygen atoms in total. The fourth-order valence-electron chi connectivity index (χ4n) is 1.95. The maximum absolute atomic E-state index is 5.63. The Morgan fingerprint density at radius 2 is 1.70 bits per heavy atom. The van der Waals surface area contributed by atoms with Crippen molar-refractivity contribution in [3.05, 3.63) is 54.1 Å². The summed E-state index contributed by atoms with van der Waals surface area (Å²) in [6.07, 6.45) is 0. The summed E-state index contributed by atoms with van der Waals surface area (Å²) >= 11 is 0. The van der Waals surface area contributed by atoms with Crippen LogP contribution in [-0.4, -0.2) is 21.0 Å². The van der Waals surface area contributed by atoms with Crippen molar-refractivity contribution in [3.8, 4) is 5.75 Å². The molecule has 2 aromatic carbocycles. The lowest BCUT2D eigenvalue weighted by Crippen LogP contribution is -2.16. The number of methoxy groups -OCH3 is 1. The molecule has 0 aromatic heterocycles. The van der Waals surface area contributed by atoms with Crippen molar-refractivity contribution in [1.82, 2.24) is 5.32 Å². The highest BCUT2D eigenvalue weighted by molar-refractivity contribution is 7.55. The molecule has 20 heavy (non-hydrogen) atoms. The molecule has 2 rings (SSSR count). The third-order valence-corrected chi connectivity index (χ3v) is 4.31. The minimum absolute atomic E-state index is 0.277. The zero-order chi connectivity index (χ0) is 14.2. The van der Waals surface area contributed by atoms with Crippen LogP contribution < -0.4 is 20.7 Å². The molecule has 0 saturated carbocycles. The fourth-order valence-corrected chi connectivity index (χ4v) is 3.21. The van der Waals surface area contributed by atoms with Gasteiger partial charge in [0.05, 0.1) is 0 Å². The van der Waals surface area contributed by atoms with Gasteiger partial charge in [0.2, 0.25) is 0 Å². The van der Waals surface area contributed by atoms with Crippen molar-refractivity contribution in [1.29, 1.82) is 0 Å². The minimum Gasteiger partial charge on any atom is -0.467 e. The third kappa shape index (κ3) is 4.04. The molecule has 0 bridgehead atoms. The second-order valence-corrected chi connectivity index (χ2v) is 5.69. The van der Waals surface area contributed by atoms with E-state index in [1.807, 2.05) is 25.2 Å². The normalized spacial score (nSPS) is 11.1. The van der Waals surface area contributed by atoms with Gasteiger partial charge in [-0.1, -0.05) is 51.0 Å². The van der Waals surface area contributed by atoms with Gasteiger partial charge in [0.25, 0.3) is 0 Å². The van der Waals surface area contributed by atoms with Gasteiger partial charge in [-0.05, 0) is 24.0 Å². The van der Waals surface area contributed by atoms with E-state index < -0.39 is 0 Å². The van der Waals surface area contributed by atoms with E-state index in [4.69, 9.17) is 9.47 Å². The van der Waals surface area contributed by atoms with Crippen LogP contribution in [0.25, 0.3) is 0 Å². The Bertz CT molecular complexity index is 546. The van der Waals surface area contributed by atoms with Crippen LogP contribution in [0.5, 0.6) is 5.75 Å².